The molecule has 15 nitrogen and oxygen atoms in total. The van der Waals surface area contributed by atoms with E-state index in [1.807, 2.05) is 43.9 Å². The van der Waals surface area contributed by atoms with Gasteiger partial charge >= 0.3 is 5.97 Å². The number of benzene rings is 2. The molecule has 0 saturated carbocycles. The normalized spacial score (nSPS) is 21.1. The fourth-order valence-electron chi connectivity index (χ4n) is 10.2. The van der Waals surface area contributed by atoms with E-state index < -0.39 is 47.2 Å². The number of nitrogens with one attached hydrogen (secondary N) is 2. The van der Waals surface area contributed by atoms with E-state index in [1.165, 1.54) is 16.0 Å². The van der Waals surface area contributed by atoms with E-state index in [2.05, 4.69) is 98.9 Å². The maximum absolute atomic E-state index is 14.7. The lowest BCUT2D eigenvalue weighted by atomic mass is 9.84. The van der Waals surface area contributed by atoms with Gasteiger partial charge in [-0.05, 0) is 100 Å². The molecule has 3 aliphatic heterocycles. The van der Waals surface area contributed by atoms with E-state index in [0.717, 1.165) is 56.7 Å². The SMILES string of the molecule is C=CC(=O)N1CC[C@H](C(=O)N(C)[C@H](C(=O)NC2Cc3cccc(c3)-c3ccc4c(c3)c(c(-c3cnn(C)c3[C@H](C)N(C)C)n4CC)CC(C)(C)COC(=O)[C@@H]3CCCN(N3)C2=O)C(C)C)C1. The molecule has 0 aliphatic carbocycles. The van der Waals surface area contributed by atoms with Crippen LogP contribution in [-0.4, -0.2) is 129 Å². The van der Waals surface area contributed by atoms with Gasteiger partial charge < -0.3 is 29.3 Å². The summed E-state index contributed by atoms with van der Waals surface area (Å²) in [5.74, 6) is -2.53. The highest BCUT2D eigenvalue weighted by Gasteiger charge is 2.40. The van der Waals surface area contributed by atoms with Crippen LogP contribution in [0.5, 0.6) is 0 Å². The summed E-state index contributed by atoms with van der Waals surface area (Å²) < 4.78 is 10.5. The minimum absolute atomic E-state index is 0.0797. The molecule has 0 radical (unpaired) electrons. The molecule has 5 atom stereocenters. The molecule has 4 amide bonds. The molecule has 3 aliphatic rings. The number of amides is 4. The Balaban J connectivity index is 1.29. The molecule has 4 aromatic rings. The number of likely N-dealkylation sites (tertiary alicyclic amines) is 1. The number of rotatable bonds is 10. The van der Waals surface area contributed by atoms with Crippen LogP contribution >= 0.6 is 0 Å². The smallest absolute Gasteiger partial charge is 0.324 e. The summed E-state index contributed by atoms with van der Waals surface area (Å²) in [7, 11) is 7.76. The van der Waals surface area contributed by atoms with Crippen molar-refractivity contribution in [3.8, 4) is 22.4 Å². The molecular formula is C51H69N9O6. The third-order valence-electron chi connectivity index (χ3n) is 13.9. The van der Waals surface area contributed by atoms with Crippen molar-refractivity contribution < 1.29 is 28.7 Å². The second-order valence-electron chi connectivity index (χ2n) is 19.9. The zero-order valence-electron chi connectivity index (χ0n) is 40.5. The van der Waals surface area contributed by atoms with E-state index in [-0.39, 0.29) is 43.3 Å². The number of hydrogen-bond acceptors (Lipinski definition) is 9. The van der Waals surface area contributed by atoms with E-state index in [1.54, 1.807) is 11.9 Å². The number of aromatic nitrogens is 3. The molecule has 1 unspecified atom stereocenters. The minimum Gasteiger partial charge on any atom is -0.464 e. The lowest BCUT2D eigenvalue weighted by molar-refractivity contribution is -0.155. The van der Waals surface area contributed by atoms with Crippen LogP contribution in [0.1, 0.15) is 83.7 Å². The summed E-state index contributed by atoms with van der Waals surface area (Å²) in [6.07, 6.45) is 5.50. The number of aryl methyl sites for hydroxylation is 2. The third kappa shape index (κ3) is 9.69. The van der Waals surface area contributed by atoms with Crippen molar-refractivity contribution in [3.63, 3.8) is 0 Å². The summed E-state index contributed by atoms with van der Waals surface area (Å²) in [5.41, 5.74) is 11.0. The summed E-state index contributed by atoms with van der Waals surface area (Å²) in [5, 5.41) is 10.4. The van der Waals surface area contributed by atoms with Crippen LogP contribution in [0.3, 0.4) is 0 Å². The first-order valence-corrected chi connectivity index (χ1v) is 23.5. The van der Waals surface area contributed by atoms with Crippen LogP contribution in [-0.2, 0) is 55.1 Å². The first-order chi connectivity index (χ1) is 31.3. The number of nitrogens with zero attached hydrogens (tertiary/aromatic N) is 7. The molecule has 7 rings (SSSR count). The number of carbonyl (C=O) groups is 5. The number of hydrogen-bond donors (Lipinski definition) is 2. The second-order valence-corrected chi connectivity index (χ2v) is 19.9. The van der Waals surface area contributed by atoms with E-state index in [9.17, 15) is 24.0 Å². The summed E-state index contributed by atoms with van der Waals surface area (Å²) >= 11 is 0. The van der Waals surface area contributed by atoms with Gasteiger partial charge in [0.1, 0.15) is 18.1 Å². The number of ether oxygens (including phenoxy) is 1. The Kier molecular flexibility index (Phi) is 14.3. The van der Waals surface area contributed by atoms with Crippen molar-refractivity contribution in [2.24, 2.45) is 24.3 Å². The van der Waals surface area contributed by atoms with Crippen molar-refractivity contribution in [1.82, 2.24) is 44.8 Å². The van der Waals surface area contributed by atoms with Crippen LogP contribution in [0.4, 0.5) is 0 Å². The molecule has 66 heavy (non-hydrogen) atoms. The summed E-state index contributed by atoms with van der Waals surface area (Å²) in [6, 6.07) is 12.0. The van der Waals surface area contributed by atoms with Gasteiger partial charge in [-0.1, -0.05) is 64.6 Å². The molecule has 2 fully saturated rings. The Morgan fingerprint density at radius 2 is 1.79 bits per heavy atom. The van der Waals surface area contributed by atoms with Gasteiger partial charge in [0.05, 0.1) is 30.1 Å². The molecule has 0 spiro atoms. The van der Waals surface area contributed by atoms with Crippen molar-refractivity contribution in [3.05, 3.63) is 78.1 Å². The maximum Gasteiger partial charge on any atom is 0.324 e. The lowest BCUT2D eigenvalue weighted by Gasteiger charge is -2.37. The van der Waals surface area contributed by atoms with Gasteiger partial charge in [0.2, 0.25) is 17.7 Å². The molecule has 2 aromatic heterocycles. The Bertz CT molecular complexity index is 2500. The minimum atomic E-state index is -1.04. The number of likely N-dealkylation sites (N-methyl/N-ethyl adjacent to an activating group) is 1. The topological polar surface area (TPSA) is 154 Å². The molecule has 2 saturated heterocycles. The Morgan fingerprint density at radius 1 is 1.05 bits per heavy atom. The fraction of sp³-hybridized carbons (Fsp3) is 0.529. The van der Waals surface area contributed by atoms with Gasteiger partial charge in [-0.3, -0.25) is 33.7 Å². The number of hydrazine groups is 1. The Labute approximate surface area is 389 Å². The Hall–Kier alpha value is -5.80. The number of carbonyl (C=O) groups excluding carboxylic acids is 5. The van der Waals surface area contributed by atoms with E-state index >= 15 is 0 Å². The molecule has 2 N–H and O–H groups in total. The van der Waals surface area contributed by atoms with Crippen molar-refractivity contribution in [2.45, 2.75) is 104 Å². The van der Waals surface area contributed by atoms with Gasteiger partial charge in [0.15, 0.2) is 0 Å². The average molecular weight is 904 g/mol. The van der Waals surface area contributed by atoms with Gasteiger partial charge in [-0.15, -0.1) is 0 Å². The van der Waals surface area contributed by atoms with E-state index in [4.69, 9.17) is 9.84 Å². The van der Waals surface area contributed by atoms with E-state index in [0.29, 0.717) is 38.8 Å². The quantitative estimate of drug-likeness (QED) is 0.155. The van der Waals surface area contributed by atoms with Crippen molar-refractivity contribution in [1.29, 1.82) is 0 Å². The molecule has 354 valence electrons. The fourth-order valence-corrected chi connectivity index (χ4v) is 10.2. The van der Waals surface area contributed by atoms with Crippen molar-refractivity contribution >= 4 is 40.5 Å². The predicted molar refractivity (Wildman–Crippen MR) is 256 cm³/mol. The molecule has 15 heteroatoms. The third-order valence-corrected chi connectivity index (χ3v) is 13.9. The standard InChI is InChI=1S/C51H69N9O6/c1-12-43(61)58-23-21-36(29-58)48(63)56(10)44(31(3)4)47(62)53-41-25-33-16-14-17-34(24-33)35-19-20-42-37(26-35)38(46(59(42)13-2)39-28-52-57(11)45(39)32(5)55(8)9)27-51(6,7)30-66-50(65)40-18-15-22-60(54-40)49(41)64/h12,14,16-17,19-20,24,26,28,31-32,36,40-41,44,54H,1,13,15,18,21-23,25,27,29-30H2,2-11H3,(H,53,62)/t32-,36-,40-,41?,44-/m0/s1. The van der Waals surface area contributed by atoms with Gasteiger partial charge in [-0.2, -0.15) is 5.10 Å². The molecular weight excluding hydrogens is 835 g/mol. The van der Waals surface area contributed by atoms with Gasteiger partial charge in [0.25, 0.3) is 5.91 Å². The molecule has 2 aromatic carbocycles. The first-order valence-electron chi connectivity index (χ1n) is 23.5. The second kappa shape index (κ2) is 19.6. The Morgan fingerprint density at radius 3 is 2.48 bits per heavy atom. The largest absolute Gasteiger partial charge is 0.464 e. The van der Waals surface area contributed by atoms with Crippen LogP contribution in [0.2, 0.25) is 0 Å². The molecule has 5 heterocycles. The molecule has 6 bridgehead atoms. The number of cyclic esters (lactones) is 1. The monoisotopic (exact) mass is 904 g/mol. The predicted octanol–water partition coefficient (Wildman–Crippen LogP) is 5.52. The highest BCUT2D eigenvalue weighted by molar-refractivity contribution is 5.96. The average Bonchev–Trinajstić information content (AvgIpc) is 4.02. The van der Waals surface area contributed by atoms with Gasteiger partial charge in [0, 0.05) is 74.6 Å². The number of esters is 1. The van der Waals surface area contributed by atoms with Crippen LogP contribution in [0.25, 0.3) is 33.3 Å². The number of fused-ring (bicyclic) bond motifs is 6. The van der Waals surface area contributed by atoms with Crippen LogP contribution in [0, 0.1) is 17.3 Å². The maximum atomic E-state index is 14.7. The lowest BCUT2D eigenvalue weighted by Crippen LogP contribution is -2.62. The zero-order chi connectivity index (χ0) is 47.8. The van der Waals surface area contributed by atoms with Crippen LogP contribution < -0.4 is 10.7 Å². The van der Waals surface area contributed by atoms with Crippen LogP contribution in [0.15, 0.2) is 61.3 Å². The van der Waals surface area contributed by atoms with Crippen molar-refractivity contribution in [2.75, 3.05) is 47.4 Å². The highest BCUT2D eigenvalue weighted by Crippen LogP contribution is 2.42. The first kappa shape index (κ1) is 48.1. The zero-order valence-corrected chi connectivity index (χ0v) is 40.5. The summed E-state index contributed by atoms with van der Waals surface area (Å²) in [6.45, 7) is 17.8. The summed E-state index contributed by atoms with van der Waals surface area (Å²) in [4.78, 5) is 74.7. The van der Waals surface area contributed by atoms with Gasteiger partial charge in [-0.25, -0.2) is 5.43 Å². The highest BCUT2D eigenvalue weighted by atomic mass is 16.5.